The second-order valence-corrected chi connectivity index (χ2v) is 2.74. The molecule has 0 amide bonds. The summed E-state index contributed by atoms with van der Waals surface area (Å²) in [7, 11) is 0. The molecule has 0 heterocycles. The SMILES string of the molecule is C/C=C(\C=C/C(C)N)C(=O)CC.CC. The standard InChI is InChI=1S/C10H17NO.C2H6/c1-4-9(10(12)5-2)7-6-8(3)11;1-2/h4,6-8H,5,11H2,1-3H3;1-2H3/b7-6-,9-4+;. The van der Waals surface area contributed by atoms with Crippen molar-refractivity contribution in [3.05, 3.63) is 23.8 Å². The summed E-state index contributed by atoms with van der Waals surface area (Å²) in [6.45, 7) is 9.58. The number of ketones is 1. The summed E-state index contributed by atoms with van der Waals surface area (Å²) in [5.74, 6) is 0.161. The average molecular weight is 197 g/mol. The van der Waals surface area contributed by atoms with Gasteiger partial charge in [-0.05, 0) is 13.8 Å². The van der Waals surface area contributed by atoms with Gasteiger partial charge in [0, 0.05) is 18.0 Å². The Balaban J connectivity index is 0. The lowest BCUT2D eigenvalue weighted by Crippen LogP contribution is -2.10. The minimum atomic E-state index is 0.00426. The van der Waals surface area contributed by atoms with Crippen LogP contribution in [-0.2, 0) is 4.79 Å². The zero-order valence-corrected chi connectivity index (χ0v) is 10.0. The average Bonchev–Trinajstić information content (AvgIpc) is 2.21. The van der Waals surface area contributed by atoms with Crippen LogP contribution in [0, 0.1) is 0 Å². The van der Waals surface area contributed by atoms with Gasteiger partial charge in [-0.25, -0.2) is 0 Å². The van der Waals surface area contributed by atoms with E-state index in [0.717, 1.165) is 5.57 Å². The fourth-order valence-electron chi connectivity index (χ4n) is 0.810. The number of hydrogen-bond acceptors (Lipinski definition) is 2. The molecule has 2 N–H and O–H groups in total. The predicted molar refractivity (Wildman–Crippen MR) is 63.2 cm³/mol. The molecule has 0 aromatic carbocycles. The molecule has 1 unspecified atom stereocenters. The van der Waals surface area contributed by atoms with E-state index in [4.69, 9.17) is 5.73 Å². The van der Waals surface area contributed by atoms with Crippen molar-refractivity contribution in [3.8, 4) is 0 Å². The minimum absolute atomic E-state index is 0.00426. The number of carbonyl (C=O) groups excluding carboxylic acids is 1. The number of allylic oxidation sites excluding steroid dienone is 3. The lowest BCUT2D eigenvalue weighted by Gasteiger charge is -1.98. The van der Waals surface area contributed by atoms with Crippen LogP contribution in [0.5, 0.6) is 0 Å². The molecule has 0 aliphatic rings. The van der Waals surface area contributed by atoms with E-state index in [2.05, 4.69) is 0 Å². The molecule has 0 saturated carbocycles. The van der Waals surface area contributed by atoms with E-state index in [-0.39, 0.29) is 11.8 Å². The predicted octanol–water partition coefficient (Wildman–Crippen LogP) is 2.84. The van der Waals surface area contributed by atoms with Gasteiger partial charge in [0.2, 0.25) is 0 Å². The molecule has 2 heteroatoms. The summed E-state index contributed by atoms with van der Waals surface area (Å²) in [5.41, 5.74) is 6.26. The van der Waals surface area contributed by atoms with Crippen molar-refractivity contribution in [2.45, 2.75) is 47.1 Å². The molecule has 0 aliphatic carbocycles. The molecule has 82 valence electrons. The second kappa shape index (κ2) is 10.2. The number of carbonyl (C=O) groups is 1. The molecule has 2 nitrogen and oxygen atoms in total. The van der Waals surface area contributed by atoms with E-state index in [1.54, 1.807) is 6.08 Å². The highest BCUT2D eigenvalue weighted by Crippen LogP contribution is 2.02. The van der Waals surface area contributed by atoms with Gasteiger partial charge in [0.05, 0.1) is 0 Å². The number of nitrogens with two attached hydrogens (primary N) is 1. The number of Topliss-reactive ketones (excluding diaryl/α,β-unsaturated/α-hetero) is 1. The molecule has 1 atom stereocenters. The van der Waals surface area contributed by atoms with Gasteiger partial charge in [-0.1, -0.05) is 39.0 Å². The maximum atomic E-state index is 11.2. The Labute approximate surface area is 87.9 Å². The third kappa shape index (κ3) is 7.74. The van der Waals surface area contributed by atoms with Crippen molar-refractivity contribution in [3.63, 3.8) is 0 Å². The van der Waals surface area contributed by atoms with E-state index >= 15 is 0 Å². The number of hydrogen-bond donors (Lipinski definition) is 1. The minimum Gasteiger partial charge on any atom is -0.325 e. The molecule has 0 aromatic heterocycles. The molecule has 0 spiro atoms. The van der Waals surface area contributed by atoms with Crippen molar-refractivity contribution in [2.75, 3.05) is 0 Å². The zero-order chi connectivity index (χ0) is 11.6. The van der Waals surface area contributed by atoms with E-state index in [1.165, 1.54) is 0 Å². The fraction of sp³-hybridized carbons (Fsp3) is 0.583. The van der Waals surface area contributed by atoms with Crippen molar-refractivity contribution >= 4 is 5.78 Å². The molecule has 0 radical (unpaired) electrons. The fourth-order valence-corrected chi connectivity index (χ4v) is 0.810. The monoisotopic (exact) mass is 197 g/mol. The van der Waals surface area contributed by atoms with Crippen LogP contribution in [-0.4, -0.2) is 11.8 Å². The molecule has 0 aliphatic heterocycles. The molecular formula is C12H23NO. The first-order valence-electron chi connectivity index (χ1n) is 5.25. The van der Waals surface area contributed by atoms with Crippen LogP contribution in [0.15, 0.2) is 23.8 Å². The van der Waals surface area contributed by atoms with Crippen molar-refractivity contribution < 1.29 is 4.79 Å². The van der Waals surface area contributed by atoms with Gasteiger partial charge in [0.25, 0.3) is 0 Å². The van der Waals surface area contributed by atoms with Crippen LogP contribution in [0.4, 0.5) is 0 Å². The maximum absolute atomic E-state index is 11.2. The first kappa shape index (κ1) is 15.6. The maximum Gasteiger partial charge on any atom is 0.162 e. The summed E-state index contributed by atoms with van der Waals surface area (Å²) >= 11 is 0. The van der Waals surface area contributed by atoms with Gasteiger partial charge >= 0.3 is 0 Å². The molecule has 14 heavy (non-hydrogen) atoms. The highest BCUT2D eigenvalue weighted by atomic mass is 16.1. The Morgan fingerprint density at radius 3 is 2.21 bits per heavy atom. The van der Waals surface area contributed by atoms with Crippen molar-refractivity contribution in [1.82, 2.24) is 0 Å². The largest absolute Gasteiger partial charge is 0.325 e. The van der Waals surface area contributed by atoms with Crippen LogP contribution in [0.1, 0.15) is 41.0 Å². The Morgan fingerprint density at radius 2 is 1.93 bits per heavy atom. The zero-order valence-electron chi connectivity index (χ0n) is 10.0. The Morgan fingerprint density at radius 1 is 1.43 bits per heavy atom. The highest BCUT2D eigenvalue weighted by Gasteiger charge is 2.00. The van der Waals surface area contributed by atoms with E-state index < -0.39 is 0 Å². The van der Waals surface area contributed by atoms with Gasteiger partial charge in [-0.15, -0.1) is 0 Å². The van der Waals surface area contributed by atoms with Gasteiger partial charge in [0.1, 0.15) is 0 Å². The quantitative estimate of drug-likeness (QED) is 0.556. The van der Waals surface area contributed by atoms with Crippen LogP contribution in [0.2, 0.25) is 0 Å². The first-order chi connectivity index (χ1) is 6.61. The molecule has 0 rings (SSSR count). The summed E-state index contributed by atoms with van der Waals surface area (Å²) in [6.07, 6.45) is 5.97. The van der Waals surface area contributed by atoms with Gasteiger partial charge in [-0.3, -0.25) is 4.79 Å². The third-order valence-electron chi connectivity index (χ3n) is 1.53. The summed E-state index contributed by atoms with van der Waals surface area (Å²) in [6, 6.07) is 0.00426. The smallest absolute Gasteiger partial charge is 0.162 e. The Kier molecular flexibility index (Phi) is 11.3. The van der Waals surface area contributed by atoms with Crippen LogP contribution in [0.3, 0.4) is 0 Å². The highest BCUT2D eigenvalue weighted by molar-refractivity contribution is 5.97. The normalized spacial score (nSPS) is 13.4. The van der Waals surface area contributed by atoms with E-state index in [1.807, 2.05) is 46.8 Å². The van der Waals surface area contributed by atoms with Crippen molar-refractivity contribution in [2.24, 2.45) is 5.73 Å². The summed E-state index contributed by atoms with van der Waals surface area (Å²) in [5, 5.41) is 0. The lowest BCUT2D eigenvalue weighted by molar-refractivity contribution is -0.115. The second-order valence-electron chi connectivity index (χ2n) is 2.74. The van der Waals surface area contributed by atoms with Crippen LogP contribution >= 0.6 is 0 Å². The molecule has 0 fully saturated rings. The molecule has 0 aromatic rings. The van der Waals surface area contributed by atoms with Gasteiger partial charge < -0.3 is 5.73 Å². The number of rotatable bonds is 4. The van der Waals surface area contributed by atoms with Crippen LogP contribution < -0.4 is 5.73 Å². The summed E-state index contributed by atoms with van der Waals surface area (Å²) in [4.78, 5) is 11.2. The molecule has 0 saturated heterocycles. The Hall–Kier alpha value is -0.890. The topological polar surface area (TPSA) is 43.1 Å². The van der Waals surface area contributed by atoms with Gasteiger partial charge in [0.15, 0.2) is 5.78 Å². The van der Waals surface area contributed by atoms with Crippen molar-refractivity contribution in [1.29, 1.82) is 0 Å². The Bertz CT molecular complexity index is 202. The van der Waals surface area contributed by atoms with Gasteiger partial charge in [-0.2, -0.15) is 0 Å². The van der Waals surface area contributed by atoms with Crippen LogP contribution in [0.25, 0.3) is 0 Å². The van der Waals surface area contributed by atoms with E-state index in [0.29, 0.717) is 6.42 Å². The molecule has 0 bridgehead atoms. The van der Waals surface area contributed by atoms with E-state index in [9.17, 15) is 4.79 Å². The lowest BCUT2D eigenvalue weighted by atomic mass is 10.1. The summed E-state index contributed by atoms with van der Waals surface area (Å²) < 4.78 is 0. The first-order valence-corrected chi connectivity index (χ1v) is 5.25. The third-order valence-corrected chi connectivity index (χ3v) is 1.53. The molecular weight excluding hydrogens is 174 g/mol.